The van der Waals surface area contributed by atoms with E-state index in [1.165, 1.54) is 12.8 Å². The van der Waals surface area contributed by atoms with Gasteiger partial charge in [-0.1, -0.05) is 0 Å². The summed E-state index contributed by atoms with van der Waals surface area (Å²) >= 11 is 0. The highest BCUT2D eigenvalue weighted by Crippen LogP contribution is 2.38. The van der Waals surface area contributed by atoms with Gasteiger partial charge in [0.05, 0.1) is 12.3 Å². The summed E-state index contributed by atoms with van der Waals surface area (Å²) in [6.07, 6.45) is 7.01. The van der Waals surface area contributed by atoms with Gasteiger partial charge in [0.25, 0.3) is 0 Å². The van der Waals surface area contributed by atoms with Crippen molar-refractivity contribution >= 4 is 5.82 Å². The smallest absolute Gasteiger partial charge is 0.133 e. The van der Waals surface area contributed by atoms with Crippen molar-refractivity contribution in [3.63, 3.8) is 0 Å². The Morgan fingerprint density at radius 2 is 2.37 bits per heavy atom. The van der Waals surface area contributed by atoms with Crippen LogP contribution < -0.4 is 5.32 Å². The molecule has 2 aromatic heterocycles. The van der Waals surface area contributed by atoms with Crippen molar-refractivity contribution in [3.05, 3.63) is 36.0 Å². The summed E-state index contributed by atoms with van der Waals surface area (Å²) in [7, 11) is 1.83. The third-order valence-corrected chi connectivity index (χ3v) is 3.20. The first-order valence-electron chi connectivity index (χ1n) is 6.46. The molecule has 1 aliphatic carbocycles. The fourth-order valence-electron chi connectivity index (χ4n) is 1.94. The van der Waals surface area contributed by atoms with E-state index in [1.54, 1.807) is 17.1 Å². The van der Waals surface area contributed by atoms with E-state index in [4.69, 9.17) is 0 Å². The lowest BCUT2D eigenvalue weighted by atomic mass is 10.2. The maximum Gasteiger partial charge on any atom is 0.133 e. The van der Waals surface area contributed by atoms with Crippen LogP contribution in [0.4, 0.5) is 5.82 Å². The zero-order valence-corrected chi connectivity index (χ0v) is 10.8. The van der Waals surface area contributed by atoms with Gasteiger partial charge in [0.2, 0.25) is 0 Å². The van der Waals surface area contributed by atoms with Crippen LogP contribution in [0.2, 0.25) is 0 Å². The minimum atomic E-state index is -0.590. The minimum absolute atomic E-state index is 0.410. The largest absolute Gasteiger partial charge is 0.386 e. The molecule has 19 heavy (non-hydrogen) atoms. The van der Waals surface area contributed by atoms with Crippen molar-refractivity contribution in [2.45, 2.75) is 24.9 Å². The van der Waals surface area contributed by atoms with Crippen LogP contribution in [0.5, 0.6) is 0 Å². The number of hydrogen-bond acceptors (Lipinski definition) is 5. The van der Waals surface area contributed by atoms with Gasteiger partial charge in [-0.05, 0) is 18.9 Å². The second kappa shape index (κ2) is 4.97. The molecule has 0 aromatic carbocycles. The highest BCUT2D eigenvalue weighted by molar-refractivity contribution is 5.34. The first kappa shape index (κ1) is 12.1. The number of nitrogens with zero attached hydrogens (tertiary/aromatic N) is 4. The van der Waals surface area contributed by atoms with Gasteiger partial charge in [0.15, 0.2) is 0 Å². The molecule has 0 radical (unpaired) electrons. The van der Waals surface area contributed by atoms with E-state index in [-0.39, 0.29) is 0 Å². The molecule has 2 N–H and O–H groups in total. The predicted octanol–water partition coefficient (Wildman–Crippen LogP) is 1.23. The summed E-state index contributed by atoms with van der Waals surface area (Å²) in [5.74, 6) is 2.20. The molecule has 3 rings (SSSR count). The second-order valence-corrected chi connectivity index (χ2v) is 4.92. The van der Waals surface area contributed by atoms with Gasteiger partial charge >= 0.3 is 0 Å². The van der Waals surface area contributed by atoms with Crippen LogP contribution in [0.25, 0.3) is 0 Å². The SMILES string of the molecule is Cn1cc(C(O)CNc2ccnc(C3CC3)n2)cn1. The van der Waals surface area contributed by atoms with Crippen molar-refractivity contribution in [2.75, 3.05) is 11.9 Å². The normalized spacial score (nSPS) is 16.3. The van der Waals surface area contributed by atoms with Crippen molar-refractivity contribution < 1.29 is 5.11 Å². The van der Waals surface area contributed by atoms with E-state index >= 15 is 0 Å². The average Bonchev–Trinajstić information content (AvgIpc) is 3.19. The fourth-order valence-corrected chi connectivity index (χ4v) is 1.94. The molecule has 100 valence electrons. The number of aryl methyl sites for hydroxylation is 1. The Morgan fingerprint density at radius 1 is 1.53 bits per heavy atom. The maximum atomic E-state index is 10.0. The number of anilines is 1. The molecular weight excluding hydrogens is 242 g/mol. The third-order valence-electron chi connectivity index (χ3n) is 3.20. The molecule has 6 heteroatoms. The molecular formula is C13H17N5O. The summed E-state index contributed by atoms with van der Waals surface area (Å²) in [4.78, 5) is 8.71. The molecule has 0 amide bonds. The fraction of sp³-hybridized carbons (Fsp3) is 0.462. The Labute approximate surface area is 111 Å². The first-order valence-corrected chi connectivity index (χ1v) is 6.46. The summed E-state index contributed by atoms with van der Waals surface area (Å²) in [5, 5.41) is 17.2. The van der Waals surface area contributed by atoms with E-state index in [1.807, 2.05) is 19.3 Å². The van der Waals surface area contributed by atoms with Gasteiger partial charge in [-0.3, -0.25) is 4.68 Å². The van der Waals surface area contributed by atoms with E-state index in [0.29, 0.717) is 12.5 Å². The van der Waals surface area contributed by atoms with Gasteiger partial charge in [-0.15, -0.1) is 0 Å². The lowest BCUT2D eigenvalue weighted by Crippen LogP contribution is -2.13. The number of hydrogen-bond donors (Lipinski definition) is 2. The van der Waals surface area contributed by atoms with Crippen LogP contribution in [0.3, 0.4) is 0 Å². The Balaban J connectivity index is 1.60. The number of nitrogens with one attached hydrogen (secondary N) is 1. The predicted molar refractivity (Wildman–Crippen MR) is 70.7 cm³/mol. The van der Waals surface area contributed by atoms with Gasteiger partial charge < -0.3 is 10.4 Å². The molecule has 0 bridgehead atoms. The standard InChI is InChI=1S/C13H17N5O/c1-18-8-10(6-16-18)11(19)7-15-12-4-5-14-13(17-12)9-2-3-9/h4-6,8-9,11,19H,2-3,7H2,1H3,(H,14,15,17). The van der Waals surface area contributed by atoms with E-state index in [0.717, 1.165) is 17.2 Å². The Bertz CT molecular complexity index is 564. The summed E-state index contributed by atoms with van der Waals surface area (Å²) in [6, 6.07) is 1.82. The number of aromatic nitrogens is 4. The molecule has 1 fully saturated rings. The number of aliphatic hydroxyl groups excluding tert-OH is 1. The van der Waals surface area contributed by atoms with Crippen molar-refractivity contribution in [2.24, 2.45) is 7.05 Å². The van der Waals surface area contributed by atoms with Gasteiger partial charge in [-0.25, -0.2) is 9.97 Å². The second-order valence-electron chi connectivity index (χ2n) is 4.92. The summed E-state index contributed by atoms with van der Waals surface area (Å²) in [5.41, 5.74) is 0.798. The highest BCUT2D eigenvalue weighted by Gasteiger charge is 2.26. The lowest BCUT2D eigenvalue weighted by Gasteiger charge is -2.11. The topological polar surface area (TPSA) is 75.9 Å². The molecule has 0 saturated heterocycles. The maximum absolute atomic E-state index is 10.0. The van der Waals surface area contributed by atoms with E-state index in [9.17, 15) is 5.11 Å². The van der Waals surface area contributed by atoms with Crippen LogP contribution in [-0.2, 0) is 7.05 Å². The third kappa shape index (κ3) is 2.90. The molecule has 2 aromatic rings. The summed E-state index contributed by atoms with van der Waals surface area (Å²) in [6.45, 7) is 0.410. The van der Waals surface area contributed by atoms with E-state index in [2.05, 4.69) is 20.4 Å². The van der Waals surface area contributed by atoms with Crippen molar-refractivity contribution in [1.82, 2.24) is 19.7 Å². The van der Waals surface area contributed by atoms with Crippen LogP contribution in [0, 0.1) is 0 Å². The number of aliphatic hydroxyl groups is 1. The Hall–Kier alpha value is -1.95. The summed E-state index contributed by atoms with van der Waals surface area (Å²) < 4.78 is 1.68. The van der Waals surface area contributed by atoms with E-state index < -0.39 is 6.10 Å². The van der Waals surface area contributed by atoms with Gasteiger partial charge in [-0.2, -0.15) is 5.10 Å². The lowest BCUT2D eigenvalue weighted by molar-refractivity contribution is 0.191. The first-order chi connectivity index (χ1) is 9.22. The zero-order valence-electron chi connectivity index (χ0n) is 10.8. The molecule has 1 unspecified atom stereocenters. The monoisotopic (exact) mass is 259 g/mol. The van der Waals surface area contributed by atoms with Crippen molar-refractivity contribution in [3.8, 4) is 0 Å². The minimum Gasteiger partial charge on any atom is -0.386 e. The van der Waals surface area contributed by atoms with Gasteiger partial charge in [0.1, 0.15) is 11.6 Å². The molecule has 1 aliphatic rings. The molecule has 2 heterocycles. The Kier molecular flexibility index (Phi) is 3.16. The van der Waals surface area contributed by atoms with Crippen LogP contribution >= 0.6 is 0 Å². The van der Waals surface area contributed by atoms with Gasteiger partial charge in [0, 0.05) is 37.5 Å². The Morgan fingerprint density at radius 3 is 3.05 bits per heavy atom. The molecule has 1 saturated carbocycles. The molecule has 1 atom stereocenters. The molecule has 0 aliphatic heterocycles. The highest BCUT2D eigenvalue weighted by atomic mass is 16.3. The quantitative estimate of drug-likeness (QED) is 0.844. The average molecular weight is 259 g/mol. The molecule has 6 nitrogen and oxygen atoms in total. The zero-order chi connectivity index (χ0) is 13.2. The molecule has 0 spiro atoms. The van der Waals surface area contributed by atoms with Crippen LogP contribution in [0.15, 0.2) is 24.7 Å². The van der Waals surface area contributed by atoms with Crippen molar-refractivity contribution in [1.29, 1.82) is 0 Å². The number of rotatable bonds is 5. The van der Waals surface area contributed by atoms with Crippen LogP contribution in [-0.4, -0.2) is 31.4 Å². The van der Waals surface area contributed by atoms with Crippen LogP contribution in [0.1, 0.15) is 36.3 Å².